The van der Waals surface area contributed by atoms with Crippen LogP contribution in [0.15, 0.2) is 0 Å². The van der Waals surface area contributed by atoms with Crippen LogP contribution in [0.4, 0.5) is 0 Å². The minimum atomic E-state index is -0.0700. The molecule has 72 valence electrons. The SMILES string of the molecule is CC1(C#N)CN(CC2CCOC2)C1. The maximum absolute atomic E-state index is 8.82. The summed E-state index contributed by atoms with van der Waals surface area (Å²) in [5.74, 6) is 0.711. The summed E-state index contributed by atoms with van der Waals surface area (Å²) in [4.78, 5) is 2.36. The van der Waals surface area contributed by atoms with Crippen molar-refractivity contribution < 1.29 is 4.74 Å². The van der Waals surface area contributed by atoms with E-state index in [-0.39, 0.29) is 5.41 Å². The molecule has 2 fully saturated rings. The molecule has 0 N–H and O–H groups in total. The molecular formula is C10H16N2O. The number of ether oxygens (including phenoxy) is 1. The molecule has 3 nitrogen and oxygen atoms in total. The average Bonchev–Trinajstić information content (AvgIpc) is 2.54. The molecule has 0 spiro atoms. The lowest BCUT2D eigenvalue weighted by Gasteiger charge is -2.44. The Hall–Kier alpha value is -0.590. The van der Waals surface area contributed by atoms with Gasteiger partial charge in [0.25, 0.3) is 0 Å². The molecule has 2 aliphatic heterocycles. The molecule has 0 aromatic carbocycles. The predicted octanol–water partition coefficient (Wildman–Crippen LogP) is 0.868. The van der Waals surface area contributed by atoms with Gasteiger partial charge in [-0.3, -0.25) is 4.90 Å². The summed E-state index contributed by atoms with van der Waals surface area (Å²) in [7, 11) is 0. The minimum Gasteiger partial charge on any atom is -0.381 e. The first-order valence-corrected chi connectivity index (χ1v) is 4.93. The quantitative estimate of drug-likeness (QED) is 0.632. The van der Waals surface area contributed by atoms with E-state index in [1.165, 1.54) is 6.42 Å². The molecule has 2 saturated heterocycles. The largest absolute Gasteiger partial charge is 0.381 e. The number of likely N-dealkylation sites (tertiary alicyclic amines) is 1. The lowest BCUT2D eigenvalue weighted by atomic mass is 9.83. The first-order chi connectivity index (χ1) is 6.22. The van der Waals surface area contributed by atoms with Crippen molar-refractivity contribution in [2.24, 2.45) is 11.3 Å². The average molecular weight is 180 g/mol. The third-order valence-electron chi connectivity index (χ3n) is 2.96. The highest BCUT2D eigenvalue weighted by molar-refractivity contribution is 5.06. The van der Waals surface area contributed by atoms with Crippen LogP contribution in [0.3, 0.4) is 0 Å². The van der Waals surface area contributed by atoms with Crippen LogP contribution < -0.4 is 0 Å². The van der Waals surface area contributed by atoms with Gasteiger partial charge in [0.05, 0.1) is 18.1 Å². The Bertz CT molecular complexity index is 222. The Kier molecular flexibility index (Phi) is 2.27. The summed E-state index contributed by atoms with van der Waals surface area (Å²) in [5, 5.41) is 8.82. The molecule has 2 heterocycles. The van der Waals surface area contributed by atoms with E-state index in [1.54, 1.807) is 0 Å². The molecule has 0 bridgehead atoms. The third kappa shape index (κ3) is 1.84. The van der Waals surface area contributed by atoms with Crippen LogP contribution in [0.1, 0.15) is 13.3 Å². The van der Waals surface area contributed by atoms with Crippen molar-refractivity contribution in [3.05, 3.63) is 0 Å². The summed E-state index contributed by atoms with van der Waals surface area (Å²) >= 11 is 0. The zero-order valence-electron chi connectivity index (χ0n) is 8.12. The Morgan fingerprint density at radius 2 is 2.38 bits per heavy atom. The van der Waals surface area contributed by atoms with Gasteiger partial charge in [-0.25, -0.2) is 0 Å². The van der Waals surface area contributed by atoms with Gasteiger partial charge in [0, 0.05) is 26.2 Å². The lowest BCUT2D eigenvalue weighted by molar-refractivity contribution is 0.0426. The monoisotopic (exact) mass is 180 g/mol. The molecule has 1 unspecified atom stereocenters. The second-order valence-corrected chi connectivity index (χ2v) is 4.57. The summed E-state index contributed by atoms with van der Waals surface area (Å²) in [5.41, 5.74) is -0.0700. The summed E-state index contributed by atoms with van der Waals surface area (Å²) in [6.45, 7) is 6.89. The maximum atomic E-state index is 8.82. The fourth-order valence-electron chi connectivity index (χ4n) is 2.23. The van der Waals surface area contributed by atoms with Crippen molar-refractivity contribution in [3.8, 4) is 6.07 Å². The molecule has 0 saturated carbocycles. The standard InChI is InChI=1S/C10H16N2O/c1-10(6-11)7-12(8-10)4-9-2-3-13-5-9/h9H,2-5,7-8H2,1H3. The van der Waals surface area contributed by atoms with Crippen molar-refractivity contribution in [3.63, 3.8) is 0 Å². The molecule has 0 aromatic heterocycles. The van der Waals surface area contributed by atoms with E-state index in [1.807, 2.05) is 6.92 Å². The van der Waals surface area contributed by atoms with E-state index in [4.69, 9.17) is 10.00 Å². The number of nitriles is 1. The van der Waals surface area contributed by atoms with Gasteiger partial charge in [0.1, 0.15) is 0 Å². The Balaban J connectivity index is 1.72. The van der Waals surface area contributed by atoms with Crippen LogP contribution >= 0.6 is 0 Å². The highest BCUT2D eigenvalue weighted by atomic mass is 16.5. The van der Waals surface area contributed by atoms with Crippen LogP contribution in [0, 0.1) is 22.7 Å². The van der Waals surface area contributed by atoms with Gasteiger partial charge in [-0.05, 0) is 19.3 Å². The summed E-state index contributed by atoms with van der Waals surface area (Å²) in [6, 6.07) is 2.36. The van der Waals surface area contributed by atoms with Crippen LogP contribution in [0.5, 0.6) is 0 Å². The molecule has 0 aromatic rings. The van der Waals surface area contributed by atoms with Crippen LogP contribution in [-0.2, 0) is 4.74 Å². The highest BCUT2D eigenvalue weighted by Gasteiger charge is 2.39. The van der Waals surface area contributed by atoms with Gasteiger partial charge in [-0.1, -0.05) is 0 Å². The van der Waals surface area contributed by atoms with Crippen molar-refractivity contribution in [2.45, 2.75) is 13.3 Å². The fourth-order valence-corrected chi connectivity index (χ4v) is 2.23. The molecule has 1 atom stereocenters. The van der Waals surface area contributed by atoms with Crippen molar-refractivity contribution >= 4 is 0 Å². The topological polar surface area (TPSA) is 36.3 Å². The van der Waals surface area contributed by atoms with Crippen LogP contribution in [0.2, 0.25) is 0 Å². The minimum absolute atomic E-state index is 0.0700. The van der Waals surface area contributed by atoms with Gasteiger partial charge >= 0.3 is 0 Å². The Morgan fingerprint density at radius 3 is 2.92 bits per heavy atom. The van der Waals surface area contributed by atoms with Crippen molar-refractivity contribution in [2.75, 3.05) is 32.8 Å². The highest BCUT2D eigenvalue weighted by Crippen LogP contribution is 2.30. The van der Waals surface area contributed by atoms with Crippen LogP contribution in [-0.4, -0.2) is 37.7 Å². The van der Waals surface area contributed by atoms with E-state index in [0.717, 1.165) is 32.8 Å². The normalized spacial score (nSPS) is 32.5. The molecule has 13 heavy (non-hydrogen) atoms. The molecule has 0 aliphatic carbocycles. The first kappa shape index (κ1) is 8.98. The summed E-state index contributed by atoms with van der Waals surface area (Å²) < 4.78 is 5.31. The third-order valence-corrected chi connectivity index (χ3v) is 2.96. The van der Waals surface area contributed by atoms with E-state index in [9.17, 15) is 0 Å². The lowest BCUT2D eigenvalue weighted by Crippen LogP contribution is -2.55. The predicted molar refractivity (Wildman–Crippen MR) is 49.1 cm³/mol. The second kappa shape index (κ2) is 3.28. The molecule has 3 heteroatoms. The van der Waals surface area contributed by atoms with E-state index >= 15 is 0 Å². The van der Waals surface area contributed by atoms with Gasteiger partial charge in [0.2, 0.25) is 0 Å². The Morgan fingerprint density at radius 1 is 1.62 bits per heavy atom. The van der Waals surface area contributed by atoms with E-state index in [2.05, 4.69) is 11.0 Å². The van der Waals surface area contributed by atoms with Crippen molar-refractivity contribution in [1.29, 1.82) is 5.26 Å². The van der Waals surface area contributed by atoms with Crippen LogP contribution in [0.25, 0.3) is 0 Å². The maximum Gasteiger partial charge on any atom is 0.0799 e. The molecule has 0 amide bonds. The summed E-state index contributed by atoms with van der Waals surface area (Å²) in [6.07, 6.45) is 1.19. The molecule has 2 rings (SSSR count). The Labute approximate surface area is 79.3 Å². The zero-order valence-corrected chi connectivity index (χ0v) is 8.12. The molecule has 0 radical (unpaired) electrons. The number of nitrogens with zero attached hydrogens (tertiary/aromatic N) is 2. The molecule has 2 aliphatic rings. The van der Waals surface area contributed by atoms with E-state index < -0.39 is 0 Å². The van der Waals surface area contributed by atoms with E-state index in [0.29, 0.717) is 5.92 Å². The number of rotatable bonds is 2. The second-order valence-electron chi connectivity index (χ2n) is 4.57. The van der Waals surface area contributed by atoms with Gasteiger partial charge in [-0.2, -0.15) is 5.26 Å². The van der Waals surface area contributed by atoms with Crippen molar-refractivity contribution in [1.82, 2.24) is 4.90 Å². The van der Waals surface area contributed by atoms with Gasteiger partial charge in [-0.15, -0.1) is 0 Å². The fraction of sp³-hybridized carbons (Fsp3) is 0.900. The van der Waals surface area contributed by atoms with Gasteiger partial charge in [0.15, 0.2) is 0 Å². The van der Waals surface area contributed by atoms with Gasteiger partial charge < -0.3 is 4.74 Å². The number of hydrogen-bond acceptors (Lipinski definition) is 3. The number of hydrogen-bond donors (Lipinski definition) is 0. The molecular weight excluding hydrogens is 164 g/mol. The first-order valence-electron chi connectivity index (χ1n) is 4.93. The zero-order chi connectivity index (χ0) is 9.31. The smallest absolute Gasteiger partial charge is 0.0799 e.